The molecule has 10 nitrogen and oxygen atoms in total. The lowest BCUT2D eigenvalue weighted by molar-refractivity contribution is -0.384. The highest BCUT2D eigenvalue weighted by atomic mass is 16.6. The summed E-state index contributed by atoms with van der Waals surface area (Å²) >= 11 is 0. The lowest BCUT2D eigenvalue weighted by Gasteiger charge is -2.08. The van der Waals surface area contributed by atoms with Gasteiger partial charge in [-0.15, -0.1) is 0 Å². The summed E-state index contributed by atoms with van der Waals surface area (Å²) in [6, 6.07) is 6.96. The molecule has 0 unspecified atom stereocenters. The Morgan fingerprint density at radius 1 is 1.21 bits per heavy atom. The van der Waals surface area contributed by atoms with Crippen molar-refractivity contribution in [2.24, 2.45) is 0 Å². The molecule has 0 spiro atoms. The average molecular weight is 334 g/mol. The van der Waals surface area contributed by atoms with E-state index >= 15 is 0 Å². The molecule has 1 amide bonds. The van der Waals surface area contributed by atoms with Crippen LogP contribution in [0.25, 0.3) is 0 Å². The van der Waals surface area contributed by atoms with Gasteiger partial charge in [0.15, 0.2) is 6.61 Å². The van der Waals surface area contributed by atoms with Gasteiger partial charge in [-0.1, -0.05) is 6.07 Å². The number of carbonyl (C=O) groups is 1. The van der Waals surface area contributed by atoms with E-state index in [2.05, 4.69) is 15.3 Å². The molecule has 0 aliphatic carbocycles. The molecule has 0 aliphatic rings. The van der Waals surface area contributed by atoms with Crippen molar-refractivity contribution >= 4 is 17.5 Å². The van der Waals surface area contributed by atoms with Crippen LogP contribution < -0.4 is 19.5 Å². The molecule has 1 aromatic carbocycles. The van der Waals surface area contributed by atoms with Crippen molar-refractivity contribution in [2.45, 2.75) is 0 Å². The lowest BCUT2D eigenvalue weighted by Crippen LogP contribution is -2.21. The molecule has 0 radical (unpaired) electrons. The summed E-state index contributed by atoms with van der Waals surface area (Å²) in [7, 11) is 2.83. The first kappa shape index (κ1) is 16.9. The summed E-state index contributed by atoms with van der Waals surface area (Å²) in [5.74, 6) is 0.0765. The Morgan fingerprint density at radius 3 is 2.46 bits per heavy atom. The van der Waals surface area contributed by atoms with Gasteiger partial charge in [0.25, 0.3) is 11.6 Å². The van der Waals surface area contributed by atoms with Gasteiger partial charge in [0.05, 0.1) is 31.3 Å². The molecule has 0 atom stereocenters. The number of aromatic nitrogens is 2. The minimum absolute atomic E-state index is 0.0150. The summed E-state index contributed by atoms with van der Waals surface area (Å²) in [6.07, 6.45) is 0. The van der Waals surface area contributed by atoms with E-state index in [1.54, 1.807) is 0 Å². The van der Waals surface area contributed by atoms with Gasteiger partial charge in [-0.05, 0) is 6.07 Å². The Bertz CT molecular complexity index is 730. The Labute approximate surface area is 136 Å². The number of non-ortho nitro benzene ring substituents is 1. The van der Waals surface area contributed by atoms with Gasteiger partial charge in [-0.2, -0.15) is 9.97 Å². The number of nitrogens with one attached hydrogen (secondary N) is 1. The molecule has 2 rings (SSSR count). The van der Waals surface area contributed by atoms with Crippen LogP contribution in [0.2, 0.25) is 0 Å². The molecule has 1 aromatic heterocycles. The SMILES string of the molecule is COc1cc(OC)nc(NC(=O)COc2cccc([N+](=O)[O-])c2)n1. The zero-order chi connectivity index (χ0) is 17.5. The number of nitro benzene ring substituents is 1. The van der Waals surface area contributed by atoms with E-state index in [9.17, 15) is 14.9 Å². The van der Waals surface area contributed by atoms with Crippen LogP contribution in [0.15, 0.2) is 30.3 Å². The highest BCUT2D eigenvalue weighted by molar-refractivity contribution is 5.90. The molecular weight excluding hydrogens is 320 g/mol. The van der Waals surface area contributed by atoms with Crippen LogP contribution in [0.5, 0.6) is 17.5 Å². The van der Waals surface area contributed by atoms with Gasteiger partial charge < -0.3 is 14.2 Å². The van der Waals surface area contributed by atoms with Crippen LogP contribution in [0.4, 0.5) is 11.6 Å². The molecule has 1 N–H and O–H groups in total. The number of methoxy groups -OCH3 is 2. The van der Waals surface area contributed by atoms with Crippen molar-refractivity contribution in [1.29, 1.82) is 0 Å². The molecule has 10 heteroatoms. The van der Waals surface area contributed by atoms with Gasteiger partial charge in [0, 0.05) is 6.07 Å². The first-order valence-corrected chi connectivity index (χ1v) is 6.66. The first-order valence-electron chi connectivity index (χ1n) is 6.66. The second-order valence-corrected chi connectivity index (χ2v) is 4.37. The van der Waals surface area contributed by atoms with E-state index in [1.807, 2.05) is 0 Å². The summed E-state index contributed by atoms with van der Waals surface area (Å²) in [4.78, 5) is 29.9. The van der Waals surface area contributed by atoms with E-state index < -0.39 is 10.8 Å². The smallest absolute Gasteiger partial charge is 0.273 e. The third-order valence-corrected chi connectivity index (χ3v) is 2.75. The second kappa shape index (κ2) is 7.72. The summed E-state index contributed by atoms with van der Waals surface area (Å²) in [5.41, 5.74) is -0.131. The third kappa shape index (κ3) is 4.53. The van der Waals surface area contributed by atoms with Crippen LogP contribution in [-0.2, 0) is 4.79 Å². The van der Waals surface area contributed by atoms with E-state index in [1.165, 1.54) is 44.6 Å². The lowest BCUT2D eigenvalue weighted by atomic mass is 10.3. The topological polar surface area (TPSA) is 126 Å². The van der Waals surface area contributed by atoms with Crippen molar-refractivity contribution in [1.82, 2.24) is 9.97 Å². The number of ether oxygens (including phenoxy) is 3. The van der Waals surface area contributed by atoms with Gasteiger partial charge >= 0.3 is 0 Å². The van der Waals surface area contributed by atoms with Crippen molar-refractivity contribution in [3.05, 3.63) is 40.4 Å². The quantitative estimate of drug-likeness (QED) is 0.595. The minimum atomic E-state index is -0.552. The first-order chi connectivity index (χ1) is 11.5. The number of hydrogen-bond acceptors (Lipinski definition) is 8. The van der Waals surface area contributed by atoms with Gasteiger partial charge in [0.1, 0.15) is 5.75 Å². The maximum atomic E-state index is 11.9. The highest BCUT2D eigenvalue weighted by Crippen LogP contribution is 2.19. The standard InChI is InChI=1S/C14H14N4O6/c1-22-12-7-13(23-2)17-14(16-12)15-11(19)8-24-10-5-3-4-9(6-10)18(20)21/h3-7H,8H2,1-2H3,(H,15,16,17,19). The zero-order valence-electron chi connectivity index (χ0n) is 12.9. The van der Waals surface area contributed by atoms with Crippen LogP contribution in [0.1, 0.15) is 0 Å². The predicted molar refractivity (Wildman–Crippen MR) is 82.4 cm³/mol. The number of nitro groups is 1. The van der Waals surface area contributed by atoms with E-state index in [0.717, 1.165) is 0 Å². The third-order valence-electron chi connectivity index (χ3n) is 2.75. The van der Waals surface area contributed by atoms with Crippen molar-refractivity contribution in [3.63, 3.8) is 0 Å². The highest BCUT2D eigenvalue weighted by Gasteiger charge is 2.11. The largest absolute Gasteiger partial charge is 0.484 e. The average Bonchev–Trinajstić information content (AvgIpc) is 2.59. The fraction of sp³-hybridized carbons (Fsp3) is 0.214. The van der Waals surface area contributed by atoms with Crippen molar-refractivity contribution < 1.29 is 23.9 Å². The molecule has 0 saturated carbocycles. The Hall–Kier alpha value is -3.43. The molecule has 2 aromatic rings. The molecule has 0 aliphatic heterocycles. The molecule has 126 valence electrons. The normalized spacial score (nSPS) is 9.92. The predicted octanol–water partition coefficient (Wildman–Crippen LogP) is 1.42. The number of rotatable bonds is 7. The monoisotopic (exact) mass is 334 g/mol. The van der Waals surface area contributed by atoms with Gasteiger partial charge in [0.2, 0.25) is 17.7 Å². The Kier molecular flexibility index (Phi) is 5.45. The molecule has 0 fully saturated rings. The summed E-state index contributed by atoms with van der Waals surface area (Å²) < 4.78 is 15.1. The van der Waals surface area contributed by atoms with Crippen molar-refractivity contribution in [2.75, 3.05) is 26.1 Å². The Morgan fingerprint density at radius 2 is 1.88 bits per heavy atom. The Balaban J connectivity index is 1.98. The number of anilines is 1. The summed E-state index contributed by atoms with van der Waals surface area (Å²) in [6.45, 7) is -0.371. The zero-order valence-corrected chi connectivity index (χ0v) is 12.9. The van der Waals surface area contributed by atoms with Gasteiger partial charge in [-0.25, -0.2) is 0 Å². The van der Waals surface area contributed by atoms with Crippen molar-refractivity contribution in [3.8, 4) is 17.5 Å². The van der Waals surface area contributed by atoms with Crippen LogP contribution in [-0.4, -0.2) is 41.6 Å². The van der Waals surface area contributed by atoms with E-state index in [4.69, 9.17) is 14.2 Å². The second-order valence-electron chi connectivity index (χ2n) is 4.37. The van der Waals surface area contributed by atoms with Crippen LogP contribution in [0.3, 0.4) is 0 Å². The number of hydrogen-bond donors (Lipinski definition) is 1. The number of carbonyl (C=O) groups excluding carboxylic acids is 1. The van der Waals surface area contributed by atoms with E-state index in [0.29, 0.717) is 0 Å². The van der Waals surface area contributed by atoms with Crippen LogP contribution in [0, 0.1) is 10.1 Å². The molecule has 1 heterocycles. The van der Waals surface area contributed by atoms with Crippen LogP contribution >= 0.6 is 0 Å². The number of benzene rings is 1. The minimum Gasteiger partial charge on any atom is -0.484 e. The molecule has 0 saturated heterocycles. The number of nitrogens with zero attached hydrogens (tertiary/aromatic N) is 3. The maximum Gasteiger partial charge on any atom is 0.273 e. The summed E-state index contributed by atoms with van der Waals surface area (Å²) in [5, 5.41) is 13.1. The fourth-order valence-electron chi connectivity index (χ4n) is 1.67. The maximum absolute atomic E-state index is 11.9. The number of amides is 1. The van der Waals surface area contributed by atoms with E-state index in [-0.39, 0.29) is 35.8 Å². The molecule has 0 bridgehead atoms. The molecular formula is C14H14N4O6. The van der Waals surface area contributed by atoms with Gasteiger partial charge in [-0.3, -0.25) is 20.2 Å². The molecule has 24 heavy (non-hydrogen) atoms. The fourth-order valence-corrected chi connectivity index (χ4v) is 1.67.